The first-order chi connectivity index (χ1) is 9.25. The molecule has 1 aliphatic rings. The smallest absolute Gasteiger partial charge is 0.242 e. The van der Waals surface area contributed by atoms with Gasteiger partial charge in [-0.05, 0) is 49.3 Å². The van der Waals surface area contributed by atoms with Gasteiger partial charge in [0.25, 0.3) is 0 Å². The Bertz CT molecular complexity index is 603. The number of rotatable bonds is 4. The summed E-state index contributed by atoms with van der Waals surface area (Å²) < 4.78 is 27.8. The second-order valence-electron chi connectivity index (χ2n) is 6.27. The number of anilines is 1. The minimum Gasteiger partial charge on any atom is -0.398 e. The second-order valence-corrected chi connectivity index (χ2v) is 7.97. The largest absolute Gasteiger partial charge is 0.398 e. The Morgan fingerprint density at radius 3 is 2.45 bits per heavy atom. The molecule has 1 fully saturated rings. The highest BCUT2D eigenvalue weighted by molar-refractivity contribution is 7.89. The van der Waals surface area contributed by atoms with Crippen molar-refractivity contribution in [1.82, 2.24) is 4.72 Å². The van der Waals surface area contributed by atoms with Crippen molar-refractivity contribution in [2.45, 2.75) is 51.3 Å². The van der Waals surface area contributed by atoms with Crippen LogP contribution in [0.3, 0.4) is 0 Å². The number of aryl methyl sites for hydroxylation is 1. The molecule has 5 heteroatoms. The Kier molecular flexibility index (Phi) is 4.12. The van der Waals surface area contributed by atoms with Gasteiger partial charge in [-0.3, -0.25) is 0 Å². The van der Waals surface area contributed by atoms with Gasteiger partial charge in [-0.1, -0.05) is 25.8 Å². The van der Waals surface area contributed by atoms with E-state index in [9.17, 15) is 8.42 Å². The minimum atomic E-state index is -3.54. The van der Waals surface area contributed by atoms with Crippen molar-refractivity contribution < 1.29 is 8.42 Å². The molecule has 0 amide bonds. The van der Waals surface area contributed by atoms with Crippen LogP contribution >= 0.6 is 0 Å². The first-order valence-electron chi connectivity index (χ1n) is 7.11. The highest BCUT2D eigenvalue weighted by Crippen LogP contribution is 2.37. The maximum atomic E-state index is 12.5. The number of nitrogen functional groups attached to an aromatic ring is 1. The Morgan fingerprint density at radius 2 is 1.85 bits per heavy atom. The Morgan fingerprint density at radius 1 is 1.25 bits per heavy atom. The van der Waals surface area contributed by atoms with E-state index in [0.29, 0.717) is 12.2 Å². The van der Waals surface area contributed by atoms with E-state index in [2.05, 4.69) is 11.6 Å². The summed E-state index contributed by atoms with van der Waals surface area (Å²) in [4.78, 5) is 0.235. The molecule has 0 unspecified atom stereocenters. The van der Waals surface area contributed by atoms with Crippen LogP contribution in [0, 0.1) is 19.3 Å². The Hall–Kier alpha value is -1.07. The molecule has 0 aliphatic heterocycles. The van der Waals surface area contributed by atoms with Crippen LogP contribution in [0.15, 0.2) is 17.0 Å². The van der Waals surface area contributed by atoms with Crippen LogP contribution < -0.4 is 10.5 Å². The van der Waals surface area contributed by atoms with E-state index in [0.717, 1.165) is 24.0 Å². The molecule has 0 radical (unpaired) electrons. The Balaban J connectivity index is 2.25. The van der Waals surface area contributed by atoms with E-state index in [4.69, 9.17) is 5.73 Å². The number of nitrogens with two attached hydrogens (primary N) is 1. The van der Waals surface area contributed by atoms with Crippen LogP contribution in [-0.4, -0.2) is 15.0 Å². The molecule has 0 spiro atoms. The summed E-state index contributed by atoms with van der Waals surface area (Å²) in [5.74, 6) is 0. The molecule has 1 saturated carbocycles. The van der Waals surface area contributed by atoms with Crippen LogP contribution in [-0.2, 0) is 10.0 Å². The lowest BCUT2D eigenvalue weighted by atomic mass is 9.89. The summed E-state index contributed by atoms with van der Waals surface area (Å²) >= 11 is 0. The van der Waals surface area contributed by atoms with Gasteiger partial charge in [0, 0.05) is 6.54 Å². The normalized spacial score (nSPS) is 18.4. The number of sulfonamides is 1. The fraction of sp³-hybridized carbons (Fsp3) is 0.600. The third-order valence-corrected chi connectivity index (χ3v) is 6.08. The SMILES string of the molecule is Cc1ccc(N)c(S(=O)(=O)NCC2(C)CCCC2)c1C. The summed E-state index contributed by atoms with van der Waals surface area (Å²) in [6.45, 7) is 6.33. The van der Waals surface area contributed by atoms with Gasteiger partial charge >= 0.3 is 0 Å². The predicted molar refractivity (Wildman–Crippen MR) is 82.1 cm³/mol. The van der Waals surface area contributed by atoms with Crippen molar-refractivity contribution in [2.75, 3.05) is 12.3 Å². The lowest BCUT2D eigenvalue weighted by Crippen LogP contribution is -2.34. The van der Waals surface area contributed by atoms with Crippen LogP contribution in [0.5, 0.6) is 0 Å². The topological polar surface area (TPSA) is 72.2 Å². The van der Waals surface area contributed by atoms with E-state index in [-0.39, 0.29) is 10.3 Å². The van der Waals surface area contributed by atoms with Gasteiger partial charge in [-0.25, -0.2) is 13.1 Å². The lowest BCUT2D eigenvalue weighted by Gasteiger charge is -2.24. The van der Waals surface area contributed by atoms with Crippen LogP contribution in [0.4, 0.5) is 5.69 Å². The molecule has 1 aromatic carbocycles. The van der Waals surface area contributed by atoms with Crippen molar-refractivity contribution in [3.63, 3.8) is 0 Å². The number of benzene rings is 1. The molecule has 0 bridgehead atoms. The maximum absolute atomic E-state index is 12.5. The molecular formula is C15H24N2O2S. The van der Waals surface area contributed by atoms with Crippen molar-refractivity contribution >= 4 is 15.7 Å². The molecule has 3 N–H and O–H groups in total. The summed E-state index contributed by atoms with van der Waals surface area (Å²) in [6, 6.07) is 3.51. The van der Waals surface area contributed by atoms with Gasteiger partial charge in [0.15, 0.2) is 0 Å². The molecule has 0 heterocycles. The summed E-state index contributed by atoms with van der Waals surface area (Å²) in [6.07, 6.45) is 4.53. The summed E-state index contributed by atoms with van der Waals surface area (Å²) in [7, 11) is -3.54. The average molecular weight is 296 g/mol. The van der Waals surface area contributed by atoms with E-state index < -0.39 is 10.0 Å². The van der Waals surface area contributed by atoms with Crippen molar-refractivity contribution in [3.8, 4) is 0 Å². The molecule has 4 nitrogen and oxygen atoms in total. The minimum absolute atomic E-state index is 0.0829. The highest BCUT2D eigenvalue weighted by Gasteiger charge is 2.31. The summed E-state index contributed by atoms with van der Waals surface area (Å²) in [5, 5.41) is 0. The van der Waals surface area contributed by atoms with Crippen LogP contribution in [0.25, 0.3) is 0 Å². The maximum Gasteiger partial charge on any atom is 0.242 e. The number of hydrogen-bond donors (Lipinski definition) is 2. The fourth-order valence-electron chi connectivity index (χ4n) is 2.91. The second kappa shape index (κ2) is 5.37. The zero-order valence-electron chi connectivity index (χ0n) is 12.5. The Labute approximate surface area is 121 Å². The van der Waals surface area contributed by atoms with Gasteiger partial charge in [0.2, 0.25) is 10.0 Å². The van der Waals surface area contributed by atoms with Gasteiger partial charge in [-0.2, -0.15) is 0 Å². The van der Waals surface area contributed by atoms with Gasteiger partial charge < -0.3 is 5.73 Å². The molecule has 0 saturated heterocycles. The third kappa shape index (κ3) is 2.99. The number of hydrogen-bond acceptors (Lipinski definition) is 3. The monoisotopic (exact) mass is 296 g/mol. The molecular weight excluding hydrogens is 272 g/mol. The third-order valence-electron chi connectivity index (χ3n) is 4.48. The molecule has 2 rings (SSSR count). The van der Waals surface area contributed by atoms with E-state index in [1.165, 1.54) is 12.8 Å². The van der Waals surface area contributed by atoms with Crippen LogP contribution in [0.1, 0.15) is 43.7 Å². The average Bonchev–Trinajstić information content (AvgIpc) is 2.80. The number of nitrogens with one attached hydrogen (secondary N) is 1. The van der Waals surface area contributed by atoms with Crippen molar-refractivity contribution in [2.24, 2.45) is 5.41 Å². The van der Waals surface area contributed by atoms with Crippen LogP contribution in [0.2, 0.25) is 0 Å². The standard InChI is InChI=1S/C15H24N2O2S/c1-11-6-7-13(16)14(12(11)2)20(18,19)17-10-15(3)8-4-5-9-15/h6-7,17H,4-5,8-10,16H2,1-3H3. The van der Waals surface area contributed by atoms with Gasteiger partial charge in [-0.15, -0.1) is 0 Å². The lowest BCUT2D eigenvalue weighted by molar-refractivity contribution is 0.336. The predicted octanol–water partition coefficient (Wildman–Crippen LogP) is 2.74. The van der Waals surface area contributed by atoms with Gasteiger partial charge in [0.1, 0.15) is 4.90 Å². The first-order valence-corrected chi connectivity index (χ1v) is 8.59. The molecule has 112 valence electrons. The fourth-order valence-corrected chi connectivity index (χ4v) is 4.54. The van der Waals surface area contributed by atoms with Crippen molar-refractivity contribution in [1.29, 1.82) is 0 Å². The quantitative estimate of drug-likeness (QED) is 0.839. The zero-order chi connectivity index (χ0) is 15.0. The van der Waals surface area contributed by atoms with Gasteiger partial charge in [0.05, 0.1) is 5.69 Å². The zero-order valence-corrected chi connectivity index (χ0v) is 13.3. The summed E-state index contributed by atoms with van der Waals surface area (Å²) in [5.41, 5.74) is 7.94. The van der Waals surface area contributed by atoms with E-state index in [1.54, 1.807) is 13.0 Å². The highest BCUT2D eigenvalue weighted by atomic mass is 32.2. The molecule has 1 aromatic rings. The van der Waals surface area contributed by atoms with E-state index >= 15 is 0 Å². The molecule has 1 aliphatic carbocycles. The molecule has 20 heavy (non-hydrogen) atoms. The first kappa shape index (κ1) is 15.3. The molecule has 0 atom stereocenters. The van der Waals surface area contributed by atoms with Crippen molar-refractivity contribution in [3.05, 3.63) is 23.3 Å². The van der Waals surface area contributed by atoms with E-state index in [1.807, 2.05) is 13.0 Å². The molecule has 0 aromatic heterocycles.